The van der Waals surface area contributed by atoms with Gasteiger partial charge in [-0.2, -0.15) is 0 Å². The van der Waals surface area contributed by atoms with Crippen LogP contribution in [0.2, 0.25) is 0 Å². The van der Waals surface area contributed by atoms with Crippen molar-refractivity contribution in [2.75, 3.05) is 6.54 Å². The minimum atomic E-state index is -0.206. The number of hydrogen-bond acceptors (Lipinski definition) is 4. The van der Waals surface area contributed by atoms with Gasteiger partial charge in [0.1, 0.15) is 0 Å². The summed E-state index contributed by atoms with van der Waals surface area (Å²) in [5.41, 5.74) is 6.35. The Hall–Kier alpha value is -1.36. The van der Waals surface area contributed by atoms with Crippen LogP contribution in [0.15, 0.2) is 10.8 Å². The quantitative estimate of drug-likeness (QED) is 0.825. The zero-order valence-corrected chi connectivity index (χ0v) is 10.1. The van der Waals surface area contributed by atoms with E-state index in [1.54, 1.807) is 6.92 Å². The average molecular weight is 237 g/mol. The second-order valence-electron chi connectivity index (χ2n) is 4.63. The van der Waals surface area contributed by atoms with E-state index < -0.39 is 0 Å². The van der Waals surface area contributed by atoms with Crippen molar-refractivity contribution in [3.8, 4) is 0 Å². The molecule has 1 amide bonds. The van der Waals surface area contributed by atoms with E-state index >= 15 is 0 Å². The molecule has 1 aliphatic carbocycles. The minimum Gasteiger partial charge on any atom is -0.438 e. The van der Waals surface area contributed by atoms with Gasteiger partial charge in [0, 0.05) is 12.6 Å². The van der Waals surface area contributed by atoms with Gasteiger partial charge >= 0.3 is 0 Å². The third-order valence-electron chi connectivity index (χ3n) is 3.49. The Morgan fingerprint density at radius 3 is 2.88 bits per heavy atom. The van der Waals surface area contributed by atoms with Crippen molar-refractivity contribution >= 4 is 5.91 Å². The van der Waals surface area contributed by atoms with Crippen LogP contribution in [0.25, 0.3) is 0 Å². The molecule has 3 N–H and O–H groups in total. The summed E-state index contributed by atoms with van der Waals surface area (Å²) in [6, 6.07) is 0.0505. The summed E-state index contributed by atoms with van der Waals surface area (Å²) in [6.07, 6.45) is 6.06. The normalized spacial score (nSPS) is 18.2. The number of nitrogens with two attached hydrogens (primary N) is 1. The summed E-state index contributed by atoms with van der Waals surface area (Å²) in [4.78, 5) is 15.9. The van der Waals surface area contributed by atoms with Crippen LogP contribution < -0.4 is 11.1 Å². The lowest BCUT2D eigenvalue weighted by molar-refractivity contribution is 0.0895. The van der Waals surface area contributed by atoms with E-state index in [1.807, 2.05) is 0 Å². The lowest BCUT2D eigenvalue weighted by Gasteiger charge is -2.22. The molecule has 1 aromatic heterocycles. The molecule has 1 atom stereocenters. The van der Waals surface area contributed by atoms with Crippen molar-refractivity contribution in [2.45, 2.75) is 38.6 Å². The predicted octanol–water partition coefficient (Wildman–Crippen LogP) is 1.23. The summed E-state index contributed by atoms with van der Waals surface area (Å²) < 4.78 is 5.07. The molecule has 1 aromatic rings. The van der Waals surface area contributed by atoms with E-state index in [0.29, 0.717) is 23.9 Å². The molecule has 94 valence electrons. The summed E-state index contributed by atoms with van der Waals surface area (Å²) in [6.45, 7) is 2.23. The fourth-order valence-corrected chi connectivity index (χ4v) is 2.48. The number of aromatic nitrogens is 1. The fraction of sp³-hybridized carbons (Fsp3) is 0.667. The molecule has 17 heavy (non-hydrogen) atoms. The van der Waals surface area contributed by atoms with Gasteiger partial charge in [0.05, 0.1) is 5.69 Å². The molecule has 0 radical (unpaired) electrons. The van der Waals surface area contributed by atoms with E-state index in [4.69, 9.17) is 10.2 Å². The van der Waals surface area contributed by atoms with Gasteiger partial charge in [-0.15, -0.1) is 0 Å². The monoisotopic (exact) mass is 237 g/mol. The molecule has 0 aromatic carbocycles. The van der Waals surface area contributed by atoms with Crippen molar-refractivity contribution in [3.05, 3.63) is 17.8 Å². The smallest absolute Gasteiger partial charge is 0.289 e. The molecule has 0 bridgehead atoms. The van der Waals surface area contributed by atoms with Gasteiger partial charge in [-0.1, -0.05) is 12.8 Å². The number of carbonyl (C=O) groups excluding carboxylic acids is 1. The van der Waals surface area contributed by atoms with Gasteiger partial charge in [0.25, 0.3) is 5.91 Å². The van der Waals surface area contributed by atoms with Crippen molar-refractivity contribution in [1.29, 1.82) is 0 Å². The molecule has 5 nitrogen and oxygen atoms in total. The Balaban J connectivity index is 1.99. The highest BCUT2D eigenvalue weighted by Gasteiger charge is 2.26. The molecule has 2 rings (SSSR count). The number of hydrogen-bond donors (Lipinski definition) is 2. The van der Waals surface area contributed by atoms with Crippen molar-refractivity contribution < 1.29 is 9.21 Å². The molecule has 1 saturated carbocycles. The minimum absolute atomic E-state index is 0.0505. The van der Waals surface area contributed by atoms with E-state index in [-0.39, 0.29) is 11.9 Å². The third kappa shape index (κ3) is 2.66. The van der Waals surface area contributed by atoms with E-state index in [0.717, 1.165) is 12.8 Å². The molecule has 0 saturated heterocycles. The molecule has 0 aliphatic heterocycles. The highest BCUT2D eigenvalue weighted by Crippen LogP contribution is 2.27. The van der Waals surface area contributed by atoms with Crippen LogP contribution in [0.5, 0.6) is 0 Å². The van der Waals surface area contributed by atoms with E-state index in [2.05, 4.69) is 10.3 Å². The topological polar surface area (TPSA) is 81.2 Å². The summed E-state index contributed by atoms with van der Waals surface area (Å²) >= 11 is 0. The average Bonchev–Trinajstić information content (AvgIpc) is 2.96. The molecular weight excluding hydrogens is 218 g/mol. The zero-order chi connectivity index (χ0) is 12.3. The third-order valence-corrected chi connectivity index (χ3v) is 3.49. The Morgan fingerprint density at radius 1 is 1.65 bits per heavy atom. The summed E-state index contributed by atoms with van der Waals surface area (Å²) in [7, 11) is 0. The maximum atomic E-state index is 12.0. The molecule has 1 aliphatic rings. The number of rotatable bonds is 4. The molecular formula is C12H19N3O2. The molecule has 5 heteroatoms. The standard InChI is InChI=1S/C12H19N3O2/c1-8-11(17-7-14-8)12(16)15-10(6-13)9-4-2-3-5-9/h7,9-10H,2-6,13H2,1H3,(H,15,16). The van der Waals surface area contributed by atoms with Gasteiger partial charge in [0.2, 0.25) is 5.76 Å². The lowest BCUT2D eigenvalue weighted by Crippen LogP contribution is -2.44. The van der Waals surface area contributed by atoms with Crippen LogP contribution in [-0.4, -0.2) is 23.5 Å². The number of aryl methyl sites for hydroxylation is 1. The number of oxazole rings is 1. The fourth-order valence-electron chi connectivity index (χ4n) is 2.48. The van der Waals surface area contributed by atoms with Crippen LogP contribution >= 0.6 is 0 Å². The first-order valence-corrected chi connectivity index (χ1v) is 6.13. The Labute approximate surface area is 101 Å². The predicted molar refractivity (Wildman–Crippen MR) is 63.5 cm³/mol. The SMILES string of the molecule is Cc1ncoc1C(=O)NC(CN)C1CCCC1. The number of nitrogens with one attached hydrogen (secondary N) is 1. The summed E-state index contributed by atoms with van der Waals surface area (Å²) in [5.74, 6) is 0.593. The van der Waals surface area contributed by atoms with E-state index in [9.17, 15) is 4.79 Å². The largest absolute Gasteiger partial charge is 0.438 e. The van der Waals surface area contributed by atoms with Crippen LogP contribution in [-0.2, 0) is 0 Å². The van der Waals surface area contributed by atoms with Gasteiger partial charge in [-0.05, 0) is 25.7 Å². The highest BCUT2D eigenvalue weighted by atomic mass is 16.3. The first-order chi connectivity index (χ1) is 8.22. The first-order valence-electron chi connectivity index (χ1n) is 6.13. The second kappa shape index (κ2) is 5.31. The number of nitrogens with zero attached hydrogens (tertiary/aromatic N) is 1. The Kier molecular flexibility index (Phi) is 3.78. The zero-order valence-electron chi connectivity index (χ0n) is 10.1. The maximum Gasteiger partial charge on any atom is 0.289 e. The first kappa shape index (κ1) is 12.1. The maximum absolute atomic E-state index is 12.0. The van der Waals surface area contributed by atoms with Gasteiger partial charge < -0.3 is 15.5 Å². The Bertz CT molecular complexity index is 383. The van der Waals surface area contributed by atoms with Crippen LogP contribution in [0, 0.1) is 12.8 Å². The van der Waals surface area contributed by atoms with Gasteiger partial charge in [-0.25, -0.2) is 4.98 Å². The van der Waals surface area contributed by atoms with Gasteiger partial charge in [0.15, 0.2) is 6.39 Å². The van der Waals surface area contributed by atoms with E-state index in [1.165, 1.54) is 19.2 Å². The molecule has 1 fully saturated rings. The van der Waals surface area contributed by atoms with Gasteiger partial charge in [-0.3, -0.25) is 4.79 Å². The van der Waals surface area contributed by atoms with Crippen LogP contribution in [0.1, 0.15) is 41.9 Å². The molecule has 1 heterocycles. The summed E-state index contributed by atoms with van der Waals surface area (Å²) in [5, 5.41) is 2.95. The Morgan fingerprint density at radius 2 is 2.35 bits per heavy atom. The molecule has 1 unspecified atom stereocenters. The van der Waals surface area contributed by atoms with Crippen LogP contribution in [0.4, 0.5) is 0 Å². The highest BCUT2D eigenvalue weighted by molar-refractivity contribution is 5.92. The van der Waals surface area contributed by atoms with Crippen molar-refractivity contribution in [3.63, 3.8) is 0 Å². The van der Waals surface area contributed by atoms with Crippen molar-refractivity contribution in [1.82, 2.24) is 10.3 Å². The van der Waals surface area contributed by atoms with Crippen molar-refractivity contribution in [2.24, 2.45) is 11.7 Å². The number of carbonyl (C=O) groups is 1. The molecule has 0 spiro atoms. The van der Waals surface area contributed by atoms with Crippen LogP contribution in [0.3, 0.4) is 0 Å². The second-order valence-corrected chi connectivity index (χ2v) is 4.63. The number of amides is 1. The lowest BCUT2D eigenvalue weighted by atomic mass is 9.98.